The van der Waals surface area contributed by atoms with Crippen LogP contribution in [0, 0.1) is 5.82 Å². The van der Waals surface area contributed by atoms with Crippen molar-refractivity contribution < 1.29 is 23.1 Å². The molecule has 1 heterocycles. The molecule has 9 heteroatoms. The number of hydrogen-bond donors (Lipinski definition) is 3. The van der Waals surface area contributed by atoms with Gasteiger partial charge in [-0.3, -0.25) is 9.69 Å². The SMILES string of the molecule is CC(=O)NC[C@H]1CN(c2ccc(-c3ccc(CNCC(N)CF)cc3)c(F)c2)C(=O)O1. The van der Waals surface area contributed by atoms with E-state index in [1.807, 2.05) is 12.1 Å². The zero-order valence-electron chi connectivity index (χ0n) is 17.2. The summed E-state index contributed by atoms with van der Waals surface area (Å²) in [6.45, 7) is 2.15. The Hall–Kier alpha value is -3.04. The Morgan fingerprint density at radius 2 is 2.03 bits per heavy atom. The summed E-state index contributed by atoms with van der Waals surface area (Å²) in [4.78, 5) is 24.5. The van der Waals surface area contributed by atoms with Gasteiger partial charge in [0.05, 0.1) is 18.8 Å². The van der Waals surface area contributed by atoms with E-state index < -0.39 is 30.7 Å². The van der Waals surface area contributed by atoms with Crippen molar-refractivity contribution in [2.45, 2.75) is 25.6 Å². The first-order chi connectivity index (χ1) is 14.9. The van der Waals surface area contributed by atoms with Crippen LogP contribution < -0.4 is 21.3 Å². The molecule has 166 valence electrons. The number of amides is 2. The predicted molar refractivity (Wildman–Crippen MR) is 114 cm³/mol. The lowest BCUT2D eigenvalue weighted by Crippen LogP contribution is -2.35. The van der Waals surface area contributed by atoms with Crippen LogP contribution in [0.5, 0.6) is 0 Å². The minimum absolute atomic E-state index is 0.207. The number of nitrogens with one attached hydrogen (secondary N) is 2. The standard InChI is InChI=1S/C22H26F2N4O3/c1-14(29)27-12-19-13-28(22(30)31-19)18-6-7-20(21(24)8-18)16-4-2-15(3-5-16)10-26-11-17(25)9-23/h2-8,17,19,26H,9-13,25H2,1H3,(H,27,29)/t17?,19-/m0/s1. The van der Waals surface area contributed by atoms with Crippen LogP contribution in [0.1, 0.15) is 12.5 Å². The zero-order valence-corrected chi connectivity index (χ0v) is 17.2. The van der Waals surface area contributed by atoms with Crippen molar-refractivity contribution >= 4 is 17.7 Å². The fourth-order valence-corrected chi connectivity index (χ4v) is 3.26. The van der Waals surface area contributed by atoms with E-state index in [2.05, 4.69) is 10.6 Å². The quantitative estimate of drug-likeness (QED) is 0.565. The zero-order chi connectivity index (χ0) is 22.4. The maximum absolute atomic E-state index is 14.8. The molecule has 0 radical (unpaired) electrons. The molecule has 0 bridgehead atoms. The molecule has 1 fully saturated rings. The molecule has 7 nitrogen and oxygen atoms in total. The third-order valence-corrected chi connectivity index (χ3v) is 4.92. The summed E-state index contributed by atoms with van der Waals surface area (Å²) in [7, 11) is 0. The van der Waals surface area contributed by atoms with Gasteiger partial charge < -0.3 is 21.1 Å². The summed E-state index contributed by atoms with van der Waals surface area (Å²) in [6, 6.07) is 11.4. The van der Waals surface area contributed by atoms with Gasteiger partial charge in [-0.1, -0.05) is 24.3 Å². The lowest BCUT2D eigenvalue weighted by atomic mass is 10.0. The van der Waals surface area contributed by atoms with Gasteiger partial charge >= 0.3 is 6.09 Å². The summed E-state index contributed by atoms with van der Waals surface area (Å²) < 4.78 is 32.4. The van der Waals surface area contributed by atoms with Crippen molar-refractivity contribution in [1.82, 2.24) is 10.6 Å². The van der Waals surface area contributed by atoms with Crippen LogP contribution in [0.3, 0.4) is 0 Å². The third-order valence-electron chi connectivity index (χ3n) is 4.92. The number of halogens is 2. The van der Waals surface area contributed by atoms with Gasteiger partial charge in [-0.05, 0) is 29.3 Å². The molecular formula is C22H26F2N4O3. The molecular weight excluding hydrogens is 406 g/mol. The van der Waals surface area contributed by atoms with Crippen molar-refractivity contribution in [3.63, 3.8) is 0 Å². The van der Waals surface area contributed by atoms with Crippen LogP contribution in [0.4, 0.5) is 19.3 Å². The lowest BCUT2D eigenvalue weighted by Gasteiger charge is -2.15. The molecule has 31 heavy (non-hydrogen) atoms. The van der Waals surface area contributed by atoms with E-state index in [1.165, 1.54) is 17.9 Å². The Morgan fingerprint density at radius 1 is 1.29 bits per heavy atom. The van der Waals surface area contributed by atoms with Gasteiger partial charge in [-0.2, -0.15) is 0 Å². The fraction of sp³-hybridized carbons (Fsp3) is 0.364. The van der Waals surface area contributed by atoms with Gasteiger partial charge in [0.2, 0.25) is 5.91 Å². The van der Waals surface area contributed by atoms with Crippen LogP contribution in [0.2, 0.25) is 0 Å². The number of carbonyl (C=O) groups excluding carboxylic acids is 2. The van der Waals surface area contributed by atoms with Crippen molar-refractivity contribution in [2.24, 2.45) is 5.73 Å². The Balaban J connectivity index is 1.64. The highest BCUT2D eigenvalue weighted by Crippen LogP contribution is 2.29. The number of benzene rings is 2. The van der Waals surface area contributed by atoms with Crippen molar-refractivity contribution in [3.05, 3.63) is 53.8 Å². The van der Waals surface area contributed by atoms with E-state index in [9.17, 15) is 18.4 Å². The highest BCUT2D eigenvalue weighted by molar-refractivity contribution is 5.90. The van der Waals surface area contributed by atoms with Gasteiger partial charge in [0.15, 0.2) is 0 Å². The molecule has 2 atom stereocenters. The highest BCUT2D eigenvalue weighted by Gasteiger charge is 2.32. The predicted octanol–water partition coefficient (Wildman–Crippen LogP) is 2.34. The molecule has 4 N–H and O–H groups in total. The Morgan fingerprint density at radius 3 is 2.68 bits per heavy atom. The fourth-order valence-electron chi connectivity index (χ4n) is 3.26. The van der Waals surface area contributed by atoms with Gasteiger partial charge in [0, 0.05) is 31.6 Å². The average Bonchev–Trinajstić information content (AvgIpc) is 3.13. The molecule has 0 saturated carbocycles. The van der Waals surface area contributed by atoms with Gasteiger partial charge in [0.25, 0.3) is 0 Å². The Kier molecular flexibility index (Phi) is 7.54. The average molecular weight is 432 g/mol. The van der Waals surface area contributed by atoms with Crippen LogP contribution in [-0.4, -0.2) is 50.5 Å². The second kappa shape index (κ2) is 10.3. The second-order valence-corrected chi connectivity index (χ2v) is 7.46. The summed E-state index contributed by atoms with van der Waals surface area (Å²) in [5.41, 5.74) is 7.99. The molecule has 0 aliphatic carbocycles. The van der Waals surface area contributed by atoms with Crippen LogP contribution in [-0.2, 0) is 16.1 Å². The summed E-state index contributed by atoms with van der Waals surface area (Å²) in [6.07, 6.45) is -1.06. The molecule has 3 rings (SSSR count). The van der Waals surface area contributed by atoms with E-state index in [4.69, 9.17) is 10.5 Å². The first-order valence-electron chi connectivity index (χ1n) is 10.0. The van der Waals surface area contributed by atoms with E-state index in [1.54, 1.807) is 24.3 Å². The van der Waals surface area contributed by atoms with Crippen molar-refractivity contribution in [2.75, 3.05) is 31.2 Å². The maximum Gasteiger partial charge on any atom is 0.414 e. The molecule has 1 saturated heterocycles. The van der Waals surface area contributed by atoms with E-state index >= 15 is 0 Å². The topological polar surface area (TPSA) is 96.7 Å². The summed E-state index contributed by atoms with van der Waals surface area (Å²) in [5, 5.41) is 5.68. The summed E-state index contributed by atoms with van der Waals surface area (Å²) >= 11 is 0. The van der Waals surface area contributed by atoms with Crippen molar-refractivity contribution in [1.29, 1.82) is 0 Å². The monoisotopic (exact) mass is 432 g/mol. The third kappa shape index (κ3) is 5.99. The summed E-state index contributed by atoms with van der Waals surface area (Å²) in [5.74, 6) is -0.676. The number of nitrogens with two attached hydrogens (primary N) is 1. The van der Waals surface area contributed by atoms with Gasteiger partial charge in [-0.15, -0.1) is 0 Å². The maximum atomic E-state index is 14.8. The number of nitrogens with zero attached hydrogens (tertiary/aromatic N) is 1. The number of carbonyl (C=O) groups is 2. The number of anilines is 1. The smallest absolute Gasteiger partial charge is 0.414 e. The number of cyclic esters (lactones) is 1. The molecule has 0 spiro atoms. The van der Waals surface area contributed by atoms with Crippen LogP contribution >= 0.6 is 0 Å². The van der Waals surface area contributed by atoms with Gasteiger partial charge in [0.1, 0.15) is 18.6 Å². The van der Waals surface area contributed by atoms with Crippen LogP contribution in [0.25, 0.3) is 11.1 Å². The van der Waals surface area contributed by atoms with E-state index in [0.717, 1.165) is 5.56 Å². The highest BCUT2D eigenvalue weighted by atomic mass is 19.1. The largest absolute Gasteiger partial charge is 0.442 e. The molecule has 1 unspecified atom stereocenters. The molecule has 0 aromatic heterocycles. The molecule has 2 aromatic rings. The minimum atomic E-state index is -0.577. The number of rotatable bonds is 9. The molecule has 2 aromatic carbocycles. The molecule has 2 amide bonds. The number of ether oxygens (including phenoxy) is 1. The van der Waals surface area contributed by atoms with E-state index in [-0.39, 0.29) is 19.0 Å². The normalized spacial score (nSPS) is 16.8. The minimum Gasteiger partial charge on any atom is -0.442 e. The number of alkyl halides is 1. The molecule has 1 aliphatic rings. The Labute approximate surface area is 179 Å². The number of hydrogen-bond acceptors (Lipinski definition) is 5. The van der Waals surface area contributed by atoms with Gasteiger partial charge in [-0.25, -0.2) is 13.6 Å². The second-order valence-electron chi connectivity index (χ2n) is 7.46. The first kappa shape index (κ1) is 22.6. The van der Waals surface area contributed by atoms with E-state index in [0.29, 0.717) is 29.9 Å². The lowest BCUT2D eigenvalue weighted by molar-refractivity contribution is -0.119. The first-order valence-corrected chi connectivity index (χ1v) is 10.0. The van der Waals surface area contributed by atoms with Crippen molar-refractivity contribution in [3.8, 4) is 11.1 Å². The Bertz CT molecular complexity index is 923. The van der Waals surface area contributed by atoms with Crippen LogP contribution in [0.15, 0.2) is 42.5 Å². The molecule has 1 aliphatic heterocycles.